The standard InChI is InChI=1S/C48H31BN2/c49-38-23-17-33(18-24-38)34-19-25-39(26-20-34)50-45-15-6-4-13-41(45)43-30-36(21-27-47(43)50)37-22-28-48-44(31-37)42-14-5-7-16-46(42)51(48)40-12-8-11-35(29-40)32-9-2-1-3-10-32/h1-31H. The minimum atomic E-state index is 0.775. The third-order valence-electron chi connectivity index (χ3n) is 10.3. The van der Waals surface area contributed by atoms with Crippen molar-refractivity contribution in [1.82, 2.24) is 9.13 Å². The van der Waals surface area contributed by atoms with Crippen molar-refractivity contribution in [3.63, 3.8) is 0 Å². The SMILES string of the molecule is [B]c1ccc(-c2ccc(-n3c4ccccc4c4cc(-c5ccc6c(c5)c5ccccc5n6-c5cccc(-c6ccccc6)c5)ccc43)cc2)cc1. The lowest BCUT2D eigenvalue weighted by Crippen LogP contribution is -1.99. The van der Waals surface area contributed by atoms with E-state index in [4.69, 9.17) is 7.85 Å². The molecule has 0 atom stereocenters. The summed E-state index contributed by atoms with van der Waals surface area (Å²) in [5.41, 5.74) is 15.0. The molecule has 2 heterocycles. The van der Waals surface area contributed by atoms with Gasteiger partial charge in [-0.15, -0.1) is 0 Å². The Morgan fingerprint density at radius 1 is 0.275 bits per heavy atom. The first-order valence-corrected chi connectivity index (χ1v) is 17.4. The Labute approximate surface area is 297 Å². The Morgan fingerprint density at radius 3 is 1.31 bits per heavy atom. The van der Waals surface area contributed by atoms with Crippen molar-refractivity contribution in [3.05, 3.63) is 188 Å². The van der Waals surface area contributed by atoms with E-state index >= 15 is 0 Å². The van der Waals surface area contributed by atoms with E-state index in [9.17, 15) is 0 Å². The molecule has 0 spiro atoms. The summed E-state index contributed by atoms with van der Waals surface area (Å²) in [6.07, 6.45) is 0. The fraction of sp³-hybridized carbons (Fsp3) is 0. The Bertz CT molecular complexity index is 2900. The van der Waals surface area contributed by atoms with Crippen LogP contribution in [-0.2, 0) is 0 Å². The molecule has 10 aromatic rings. The van der Waals surface area contributed by atoms with E-state index in [0.29, 0.717) is 0 Å². The molecule has 0 bridgehead atoms. The Balaban J connectivity index is 1.09. The van der Waals surface area contributed by atoms with Crippen LogP contribution in [-0.4, -0.2) is 17.0 Å². The molecule has 10 rings (SSSR count). The van der Waals surface area contributed by atoms with Crippen LogP contribution in [0.4, 0.5) is 0 Å². The molecule has 8 aromatic carbocycles. The summed E-state index contributed by atoms with van der Waals surface area (Å²) in [7, 11) is 5.93. The minimum Gasteiger partial charge on any atom is -0.309 e. The van der Waals surface area contributed by atoms with E-state index in [0.717, 1.165) is 22.4 Å². The monoisotopic (exact) mass is 646 g/mol. The average molecular weight is 647 g/mol. The fourth-order valence-corrected chi connectivity index (χ4v) is 7.79. The van der Waals surface area contributed by atoms with Crippen LogP contribution in [0.2, 0.25) is 0 Å². The van der Waals surface area contributed by atoms with E-state index in [2.05, 4.69) is 185 Å². The van der Waals surface area contributed by atoms with Crippen LogP contribution in [0.5, 0.6) is 0 Å². The molecule has 2 nitrogen and oxygen atoms in total. The highest BCUT2D eigenvalue weighted by molar-refractivity contribution is 6.32. The number of aromatic nitrogens is 2. The predicted molar refractivity (Wildman–Crippen MR) is 217 cm³/mol. The van der Waals surface area contributed by atoms with Crippen LogP contribution < -0.4 is 5.46 Å². The van der Waals surface area contributed by atoms with Crippen LogP contribution in [0.1, 0.15) is 0 Å². The number of para-hydroxylation sites is 2. The van der Waals surface area contributed by atoms with Crippen molar-refractivity contribution in [2.24, 2.45) is 0 Å². The smallest absolute Gasteiger partial charge is 0.113 e. The lowest BCUT2D eigenvalue weighted by molar-refractivity contribution is 1.18. The summed E-state index contributed by atoms with van der Waals surface area (Å²) in [6, 6.07) is 67.6. The Hall–Kier alpha value is -6.58. The van der Waals surface area contributed by atoms with E-state index in [1.807, 2.05) is 12.1 Å². The predicted octanol–water partition coefficient (Wildman–Crippen LogP) is 11.7. The summed E-state index contributed by atoms with van der Waals surface area (Å²) in [5, 5.41) is 4.98. The number of hydrogen-bond acceptors (Lipinski definition) is 0. The maximum absolute atomic E-state index is 5.93. The van der Waals surface area contributed by atoms with Gasteiger partial charge in [-0.25, -0.2) is 0 Å². The summed E-state index contributed by atoms with van der Waals surface area (Å²) in [4.78, 5) is 0. The summed E-state index contributed by atoms with van der Waals surface area (Å²) in [6.45, 7) is 0. The van der Waals surface area contributed by atoms with E-state index < -0.39 is 0 Å². The van der Waals surface area contributed by atoms with E-state index in [-0.39, 0.29) is 0 Å². The zero-order valence-electron chi connectivity index (χ0n) is 27.9. The van der Waals surface area contributed by atoms with Gasteiger partial charge in [0.2, 0.25) is 0 Å². The molecule has 0 aliphatic rings. The van der Waals surface area contributed by atoms with Gasteiger partial charge in [0.15, 0.2) is 0 Å². The zero-order valence-corrected chi connectivity index (χ0v) is 27.9. The molecule has 3 heteroatoms. The van der Waals surface area contributed by atoms with Crippen LogP contribution >= 0.6 is 0 Å². The molecule has 51 heavy (non-hydrogen) atoms. The van der Waals surface area contributed by atoms with Crippen molar-refractivity contribution in [2.75, 3.05) is 0 Å². The highest BCUT2D eigenvalue weighted by atomic mass is 15.0. The minimum absolute atomic E-state index is 0.775. The van der Waals surface area contributed by atoms with Crippen LogP contribution in [0.15, 0.2) is 188 Å². The molecule has 2 radical (unpaired) electrons. The first kappa shape index (κ1) is 29.4. The summed E-state index contributed by atoms with van der Waals surface area (Å²) < 4.78 is 4.78. The molecule has 0 aliphatic carbocycles. The van der Waals surface area contributed by atoms with Crippen LogP contribution in [0, 0.1) is 0 Å². The molecule has 236 valence electrons. The summed E-state index contributed by atoms with van der Waals surface area (Å²) >= 11 is 0. The fourth-order valence-electron chi connectivity index (χ4n) is 7.79. The van der Waals surface area contributed by atoms with Gasteiger partial charge < -0.3 is 9.13 Å². The maximum atomic E-state index is 5.93. The second-order valence-electron chi connectivity index (χ2n) is 13.3. The zero-order chi connectivity index (χ0) is 33.9. The van der Waals surface area contributed by atoms with Crippen LogP contribution in [0.3, 0.4) is 0 Å². The number of rotatable bonds is 5. The van der Waals surface area contributed by atoms with Gasteiger partial charge in [-0.3, -0.25) is 0 Å². The van der Waals surface area contributed by atoms with Gasteiger partial charge in [0.25, 0.3) is 0 Å². The molecule has 0 unspecified atom stereocenters. The van der Waals surface area contributed by atoms with Gasteiger partial charge in [-0.2, -0.15) is 0 Å². The average Bonchev–Trinajstić information content (AvgIpc) is 3.71. The Morgan fingerprint density at radius 2 is 0.706 bits per heavy atom. The number of hydrogen-bond donors (Lipinski definition) is 0. The third kappa shape index (κ3) is 4.89. The number of fused-ring (bicyclic) bond motifs is 6. The Kier molecular flexibility index (Phi) is 6.78. The number of nitrogens with zero attached hydrogens (tertiary/aromatic N) is 2. The molecular formula is C48H31BN2. The molecule has 0 N–H and O–H groups in total. The van der Waals surface area contributed by atoms with Crippen LogP contribution in [0.25, 0.3) is 88.4 Å². The topological polar surface area (TPSA) is 9.86 Å². The van der Waals surface area contributed by atoms with Crippen molar-refractivity contribution < 1.29 is 0 Å². The van der Waals surface area contributed by atoms with Gasteiger partial charge in [-0.1, -0.05) is 133 Å². The molecule has 0 saturated heterocycles. The summed E-state index contributed by atoms with van der Waals surface area (Å²) in [5.74, 6) is 0. The van der Waals surface area contributed by atoms with Crippen molar-refractivity contribution in [3.8, 4) is 44.8 Å². The third-order valence-corrected chi connectivity index (χ3v) is 10.3. The largest absolute Gasteiger partial charge is 0.309 e. The van der Waals surface area contributed by atoms with Gasteiger partial charge in [0, 0.05) is 32.9 Å². The van der Waals surface area contributed by atoms with Gasteiger partial charge >= 0.3 is 0 Å². The molecule has 0 saturated carbocycles. The normalized spacial score (nSPS) is 11.6. The molecule has 2 aromatic heterocycles. The van der Waals surface area contributed by atoms with Gasteiger partial charge in [0.1, 0.15) is 7.85 Å². The highest BCUT2D eigenvalue weighted by Crippen LogP contribution is 2.39. The second kappa shape index (κ2) is 11.8. The molecular weight excluding hydrogens is 615 g/mol. The maximum Gasteiger partial charge on any atom is 0.113 e. The second-order valence-corrected chi connectivity index (χ2v) is 13.3. The quantitative estimate of drug-likeness (QED) is 0.165. The number of benzene rings is 8. The lowest BCUT2D eigenvalue weighted by Gasteiger charge is -2.11. The lowest BCUT2D eigenvalue weighted by atomic mass is 9.94. The van der Waals surface area contributed by atoms with E-state index in [1.165, 1.54) is 71.4 Å². The van der Waals surface area contributed by atoms with E-state index in [1.54, 1.807) is 0 Å². The van der Waals surface area contributed by atoms with Crippen molar-refractivity contribution in [1.29, 1.82) is 0 Å². The first-order valence-electron chi connectivity index (χ1n) is 17.4. The highest BCUT2D eigenvalue weighted by Gasteiger charge is 2.16. The molecule has 0 fully saturated rings. The van der Waals surface area contributed by atoms with Gasteiger partial charge in [0.05, 0.1) is 22.1 Å². The van der Waals surface area contributed by atoms with Crippen molar-refractivity contribution >= 4 is 56.9 Å². The molecule has 0 aliphatic heterocycles. The van der Waals surface area contributed by atoms with Crippen molar-refractivity contribution in [2.45, 2.75) is 0 Å². The first-order chi connectivity index (χ1) is 25.2. The van der Waals surface area contributed by atoms with Gasteiger partial charge in [-0.05, 0) is 94.0 Å². The molecule has 0 amide bonds.